The fourth-order valence-corrected chi connectivity index (χ4v) is 1.78. The van der Waals surface area contributed by atoms with Crippen LogP contribution in [0.5, 0.6) is 0 Å². The van der Waals surface area contributed by atoms with E-state index in [4.69, 9.17) is 0 Å². The average Bonchev–Trinajstić information content (AvgIpc) is 2.49. The number of rotatable bonds is 3. The van der Waals surface area contributed by atoms with Crippen LogP contribution >= 0.6 is 0 Å². The molecule has 2 heterocycles. The third-order valence-electron chi connectivity index (χ3n) is 2.69. The van der Waals surface area contributed by atoms with Crippen LogP contribution in [0.3, 0.4) is 0 Å². The number of hydrogen-bond donors (Lipinski definition) is 1. The molecule has 1 N–H and O–H groups in total. The van der Waals surface area contributed by atoms with Gasteiger partial charge in [0.05, 0.1) is 11.9 Å². The Labute approximate surface area is 115 Å². The summed E-state index contributed by atoms with van der Waals surface area (Å²) in [6, 6.07) is 12.7. The summed E-state index contributed by atoms with van der Waals surface area (Å²) >= 11 is 0. The van der Waals surface area contributed by atoms with Gasteiger partial charge in [0.1, 0.15) is 5.82 Å². The zero-order valence-electron chi connectivity index (χ0n) is 10.5. The minimum atomic E-state index is -0.390. The van der Waals surface area contributed by atoms with Crippen molar-refractivity contribution >= 4 is 11.6 Å². The summed E-state index contributed by atoms with van der Waals surface area (Å²) in [6.07, 6.45) is 4.35. The molecular weight excluding hydrogens is 255 g/mol. The van der Waals surface area contributed by atoms with Gasteiger partial charge in [-0.2, -0.15) is 0 Å². The number of benzene rings is 1. The second kappa shape index (κ2) is 5.44. The van der Waals surface area contributed by atoms with Crippen molar-refractivity contribution in [1.82, 2.24) is 15.0 Å². The predicted molar refractivity (Wildman–Crippen MR) is 74.9 cm³/mol. The number of aromatic nitrogens is 3. The molecule has 3 rings (SSSR count). The molecule has 0 bridgehead atoms. The summed E-state index contributed by atoms with van der Waals surface area (Å²) in [4.78, 5) is 12.3. The first-order valence-corrected chi connectivity index (χ1v) is 6.07. The first-order chi connectivity index (χ1) is 9.81. The molecule has 0 aliphatic heterocycles. The maximum atomic E-state index is 13.2. The molecule has 0 radical (unpaired) electrons. The Morgan fingerprint density at radius 3 is 2.65 bits per heavy atom. The molecule has 0 fully saturated rings. The Hall–Kier alpha value is -2.82. The summed E-state index contributed by atoms with van der Waals surface area (Å²) in [5, 5.41) is 3.09. The lowest BCUT2D eigenvalue weighted by atomic mass is 10.2. The van der Waals surface area contributed by atoms with Gasteiger partial charge in [-0.3, -0.25) is 4.98 Å². The fourth-order valence-electron chi connectivity index (χ4n) is 1.78. The van der Waals surface area contributed by atoms with Crippen molar-refractivity contribution in [3.63, 3.8) is 0 Å². The van der Waals surface area contributed by atoms with Crippen molar-refractivity contribution in [2.75, 3.05) is 5.32 Å². The molecule has 5 heteroatoms. The van der Waals surface area contributed by atoms with E-state index in [9.17, 15) is 4.39 Å². The van der Waals surface area contributed by atoms with Crippen LogP contribution in [0.2, 0.25) is 0 Å². The van der Waals surface area contributed by atoms with E-state index in [0.29, 0.717) is 17.2 Å². The third kappa shape index (κ3) is 2.77. The molecule has 1 aromatic carbocycles. The molecule has 98 valence electrons. The van der Waals surface area contributed by atoms with E-state index in [1.165, 1.54) is 6.07 Å². The van der Waals surface area contributed by atoms with Crippen LogP contribution in [0.25, 0.3) is 11.3 Å². The number of nitrogens with zero attached hydrogens (tertiary/aromatic N) is 3. The molecule has 0 atom stereocenters. The molecule has 0 unspecified atom stereocenters. The van der Waals surface area contributed by atoms with Crippen LogP contribution in [0.4, 0.5) is 16.0 Å². The SMILES string of the molecule is Fc1cncc(-c2ccnc(Nc3ccccc3)n2)c1. The van der Waals surface area contributed by atoms with Gasteiger partial charge in [0, 0.05) is 23.6 Å². The first kappa shape index (κ1) is 12.2. The Morgan fingerprint density at radius 1 is 1.00 bits per heavy atom. The Morgan fingerprint density at radius 2 is 1.85 bits per heavy atom. The van der Waals surface area contributed by atoms with Gasteiger partial charge in [0.15, 0.2) is 0 Å². The summed E-state index contributed by atoms with van der Waals surface area (Å²) in [7, 11) is 0. The van der Waals surface area contributed by atoms with Gasteiger partial charge in [0.2, 0.25) is 5.95 Å². The highest BCUT2D eigenvalue weighted by Crippen LogP contribution is 2.19. The smallest absolute Gasteiger partial charge is 0.227 e. The average molecular weight is 266 g/mol. The van der Waals surface area contributed by atoms with Crippen molar-refractivity contribution in [2.45, 2.75) is 0 Å². The molecule has 2 aromatic heterocycles. The highest BCUT2D eigenvalue weighted by molar-refractivity contribution is 5.61. The summed E-state index contributed by atoms with van der Waals surface area (Å²) < 4.78 is 13.2. The summed E-state index contributed by atoms with van der Waals surface area (Å²) in [6.45, 7) is 0. The zero-order chi connectivity index (χ0) is 13.8. The monoisotopic (exact) mass is 266 g/mol. The Balaban J connectivity index is 1.90. The molecule has 0 saturated heterocycles. The molecule has 0 saturated carbocycles. The van der Waals surface area contributed by atoms with E-state index in [2.05, 4.69) is 20.3 Å². The van der Waals surface area contributed by atoms with Gasteiger partial charge in [-0.1, -0.05) is 18.2 Å². The van der Waals surface area contributed by atoms with Gasteiger partial charge in [-0.25, -0.2) is 14.4 Å². The van der Waals surface area contributed by atoms with Crippen LogP contribution in [0, 0.1) is 5.82 Å². The molecule has 0 aliphatic rings. The van der Waals surface area contributed by atoms with Crippen molar-refractivity contribution in [3.8, 4) is 11.3 Å². The summed E-state index contributed by atoms with van der Waals surface area (Å²) in [5.41, 5.74) is 2.12. The van der Waals surface area contributed by atoms with Gasteiger partial charge < -0.3 is 5.32 Å². The van der Waals surface area contributed by atoms with Gasteiger partial charge >= 0.3 is 0 Å². The number of halogens is 1. The van der Waals surface area contributed by atoms with Crippen LogP contribution in [0.1, 0.15) is 0 Å². The highest BCUT2D eigenvalue weighted by Gasteiger charge is 2.04. The number of anilines is 2. The minimum Gasteiger partial charge on any atom is -0.324 e. The molecule has 0 amide bonds. The number of para-hydroxylation sites is 1. The number of pyridine rings is 1. The lowest BCUT2D eigenvalue weighted by Gasteiger charge is -2.06. The van der Waals surface area contributed by atoms with Crippen molar-refractivity contribution in [3.05, 3.63) is 66.9 Å². The zero-order valence-corrected chi connectivity index (χ0v) is 10.5. The van der Waals surface area contributed by atoms with Gasteiger partial charge in [0.25, 0.3) is 0 Å². The standard InChI is InChI=1S/C15H11FN4/c16-12-8-11(9-17-10-12)14-6-7-18-15(20-14)19-13-4-2-1-3-5-13/h1-10H,(H,18,19,20). The molecule has 4 nitrogen and oxygen atoms in total. The second-order valence-corrected chi connectivity index (χ2v) is 4.15. The Bertz CT molecular complexity index is 716. The van der Waals surface area contributed by atoms with E-state index >= 15 is 0 Å². The lowest BCUT2D eigenvalue weighted by molar-refractivity contribution is 0.622. The first-order valence-electron chi connectivity index (χ1n) is 6.07. The third-order valence-corrected chi connectivity index (χ3v) is 2.69. The molecular formula is C15H11FN4. The fraction of sp³-hybridized carbons (Fsp3) is 0. The Kier molecular flexibility index (Phi) is 3.33. The molecule has 3 aromatic rings. The lowest BCUT2D eigenvalue weighted by Crippen LogP contribution is -1.97. The van der Waals surface area contributed by atoms with E-state index in [1.54, 1.807) is 18.5 Å². The van der Waals surface area contributed by atoms with Crippen molar-refractivity contribution in [2.24, 2.45) is 0 Å². The van der Waals surface area contributed by atoms with Crippen molar-refractivity contribution < 1.29 is 4.39 Å². The van der Waals surface area contributed by atoms with E-state index < -0.39 is 5.82 Å². The van der Waals surface area contributed by atoms with Crippen LogP contribution in [-0.2, 0) is 0 Å². The van der Waals surface area contributed by atoms with E-state index in [0.717, 1.165) is 11.9 Å². The predicted octanol–water partition coefficient (Wildman–Crippen LogP) is 3.42. The van der Waals surface area contributed by atoms with Crippen LogP contribution in [-0.4, -0.2) is 15.0 Å². The number of hydrogen-bond acceptors (Lipinski definition) is 4. The van der Waals surface area contributed by atoms with E-state index in [-0.39, 0.29) is 0 Å². The van der Waals surface area contributed by atoms with Gasteiger partial charge in [-0.05, 0) is 24.3 Å². The normalized spacial score (nSPS) is 10.2. The van der Waals surface area contributed by atoms with Crippen molar-refractivity contribution in [1.29, 1.82) is 0 Å². The van der Waals surface area contributed by atoms with Gasteiger partial charge in [-0.15, -0.1) is 0 Å². The van der Waals surface area contributed by atoms with E-state index in [1.807, 2.05) is 30.3 Å². The van der Waals surface area contributed by atoms with Crippen LogP contribution < -0.4 is 5.32 Å². The molecule has 0 spiro atoms. The minimum absolute atomic E-state index is 0.390. The topological polar surface area (TPSA) is 50.7 Å². The highest BCUT2D eigenvalue weighted by atomic mass is 19.1. The maximum Gasteiger partial charge on any atom is 0.227 e. The maximum absolute atomic E-state index is 13.2. The summed E-state index contributed by atoms with van der Waals surface area (Å²) in [5.74, 6) is 0.0663. The molecule has 20 heavy (non-hydrogen) atoms. The quantitative estimate of drug-likeness (QED) is 0.789. The second-order valence-electron chi connectivity index (χ2n) is 4.15. The largest absolute Gasteiger partial charge is 0.324 e. The number of nitrogens with one attached hydrogen (secondary N) is 1. The molecule has 0 aliphatic carbocycles. The van der Waals surface area contributed by atoms with Crippen LogP contribution in [0.15, 0.2) is 61.1 Å².